The minimum atomic E-state index is -3.97. The molecule has 3 rings (SSSR count). The van der Waals surface area contributed by atoms with Crippen molar-refractivity contribution in [3.05, 3.63) is 50.2 Å². The normalized spacial score (nSPS) is 11.6. The molecule has 3 aromatic rings. The molecular formula is C17H19BrN6O4S2. The molecule has 0 atom stereocenters. The topological polar surface area (TPSA) is 120 Å². The summed E-state index contributed by atoms with van der Waals surface area (Å²) in [4.78, 5) is 28.3. The second-order valence-corrected chi connectivity index (χ2v) is 9.47. The van der Waals surface area contributed by atoms with Gasteiger partial charge in [-0.05, 0) is 24.6 Å². The molecule has 30 heavy (non-hydrogen) atoms. The lowest BCUT2D eigenvalue weighted by Crippen LogP contribution is -2.39. The molecule has 0 saturated carbocycles. The number of sulfonamides is 1. The number of hydrogen-bond acceptors (Lipinski definition) is 6. The van der Waals surface area contributed by atoms with E-state index in [0.29, 0.717) is 33.2 Å². The number of urea groups is 1. The largest absolute Gasteiger partial charge is 0.337 e. The molecule has 0 fully saturated rings. The van der Waals surface area contributed by atoms with Gasteiger partial charge in [-0.2, -0.15) is 0 Å². The Hall–Kier alpha value is -2.51. The average Bonchev–Trinajstić information content (AvgIpc) is 3.12. The smallest absolute Gasteiger partial charge is 0.330 e. The molecule has 0 radical (unpaired) electrons. The SMILES string of the molecule is Cn1c(=S)c2c(ncn2CCCNC(=O)NS(=O)(=O)c2cccc(Br)c2)n(C)c1=O. The molecule has 0 unspecified atom stereocenters. The molecule has 10 nitrogen and oxygen atoms in total. The number of halogens is 1. The van der Waals surface area contributed by atoms with Gasteiger partial charge in [0.15, 0.2) is 5.65 Å². The van der Waals surface area contributed by atoms with E-state index < -0.39 is 16.1 Å². The Morgan fingerprint density at radius 3 is 2.70 bits per heavy atom. The second kappa shape index (κ2) is 8.70. The van der Waals surface area contributed by atoms with Crippen LogP contribution < -0.4 is 15.7 Å². The quantitative estimate of drug-likeness (QED) is 0.381. The summed E-state index contributed by atoms with van der Waals surface area (Å²) >= 11 is 8.56. The van der Waals surface area contributed by atoms with Gasteiger partial charge in [0.2, 0.25) is 0 Å². The van der Waals surface area contributed by atoms with Gasteiger partial charge in [0.25, 0.3) is 10.0 Å². The first-order valence-corrected chi connectivity index (χ1v) is 11.5. The van der Waals surface area contributed by atoms with E-state index in [-0.39, 0.29) is 17.1 Å². The van der Waals surface area contributed by atoms with Gasteiger partial charge in [0, 0.05) is 31.7 Å². The van der Waals surface area contributed by atoms with Crippen LogP contribution in [0.15, 0.2) is 44.8 Å². The van der Waals surface area contributed by atoms with E-state index in [1.165, 1.54) is 21.3 Å². The van der Waals surface area contributed by atoms with E-state index in [4.69, 9.17) is 12.2 Å². The highest BCUT2D eigenvalue weighted by molar-refractivity contribution is 9.10. The number of hydrogen-bond donors (Lipinski definition) is 2. The average molecular weight is 515 g/mol. The van der Waals surface area contributed by atoms with Crippen molar-refractivity contribution in [3.8, 4) is 0 Å². The first-order chi connectivity index (χ1) is 14.1. The van der Waals surface area contributed by atoms with Crippen molar-refractivity contribution in [2.75, 3.05) is 6.54 Å². The van der Waals surface area contributed by atoms with Crippen LogP contribution in [0, 0.1) is 4.64 Å². The predicted molar refractivity (Wildman–Crippen MR) is 117 cm³/mol. The van der Waals surface area contributed by atoms with E-state index >= 15 is 0 Å². The summed E-state index contributed by atoms with van der Waals surface area (Å²) in [6, 6.07) is 5.23. The van der Waals surface area contributed by atoms with Crippen LogP contribution in [0.3, 0.4) is 0 Å². The van der Waals surface area contributed by atoms with Crippen molar-refractivity contribution in [1.29, 1.82) is 0 Å². The van der Waals surface area contributed by atoms with Crippen LogP contribution in [0.4, 0.5) is 4.79 Å². The van der Waals surface area contributed by atoms with E-state index in [1.54, 1.807) is 37.1 Å². The Bertz CT molecular complexity index is 1340. The van der Waals surface area contributed by atoms with Crippen LogP contribution in [0.5, 0.6) is 0 Å². The molecule has 0 aliphatic rings. The molecule has 0 aliphatic heterocycles. The minimum absolute atomic E-state index is 0.0200. The number of benzene rings is 1. The monoisotopic (exact) mass is 514 g/mol. The van der Waals surface area contributed by atoms with Crippen LogP contribution >= 0.6 is 28.1 Å². The van der Waals surface area contributed by atoms with Crippen molar-refractivity contribution < 1.29 is 13.2 Å². The fourth-order valence-electron chi connectivity index (χ4n) is 2.87. The number of rotatable bonds is 6. The number of aromatic nitrogens is 4. The molecule has 0 saturated heterocycles. The summed E-state index contributed by atoms with van der Waals surface area (Å²) in [5.74, 6) is 0. The summed E-state index contributed by atoms with van der Waals surface area (Å²) in [5.41, 5.74) is 0.868. The number of nitrogens with one attached hydrogen (secondary N) is 2. The van der Waals surface area contributed by atoms with Gasteiger partial charge >= 0.3 is 11.7 Å². The highest BCUT2D eigenvalue weighted by Crippen LogP contribution is 2.16. The van der Waals surface area contributed by atoms with Gasteiger partial charge in [-0.1, -0.05) is 34.2 Å². The maximum Gasteiger partial charge on any atom is 0.330 e. The summed E-state index contributed by atoms with van der Waals surface area (Å²) < 4.78 is 32.0. The number of carbonyl (C=O) groups is 1. The molecule has 13 heteroatoms. The molecular weight excluding hydrogens is 496 g/mol. The Morgan fingerprint density at radius 1 is 1.27 bits per heavy atom. The third-order valence-electron chi connectivity index (χ3n) is 4.41. The summed E-state index contributed by atoms with van der Waals surface area (Å²) in [6.45, 7) is 0.696. The van der Waals surface area contributed by atoms with Crippen molar-refractivity contribution in [2.45, 2.75) is 17.9 Å². The van der Waals surface area contributed by atoms with Gasteiger partial charge in [-0.25, -0.2) is 27.7 Å². The van der Waals surface area contributed by atoms with Crippen molar-refractivity contribution in [3.63, 3.8) is 0 Å². The molecule has 2 amide bonds. The Balaban J connectivity index is 1.61. The van der Waals surface area contributed by atoms with Crippen molar-refractivity contribution in [1.82, 2.24) is 28.7 Å². The van der Waals surface area contributed by atoms with Gasteiger partial charge in [-0.15, -0.1) is 0 Å². The molecule has 2 heterocycles. The first kappa shape index (κ1) is 22.2. The third kappa shape index (κ3) is 4.47. The number of imidazole rings is 1. The Morgan fingerprint density at radius 2 is 2.00 bits per heavy atom. The fraction of sp³-hybridized carbons (Fsp3) is 0.294. The molecule has 0 spiro atoms. The van der Waals surface area contributed by atoms with Gasteiger partial charge in [-0.3, -0.25) is 9.13 Å². The van der Waals surface area contributed by atoms with E-state index in [9.17, 15) is 18.0 Å². The Labute approximate surface area is 185 Å². The van der Waals surface area contributed by atoms with Crippen molar-refractivity contribution in [2.24, 2.45) is 14.1 Å². The molecule has 1 aromatic carbocycles. The second-order valence-electron chi connectivity index (χ2n) is 6.49. The lowest BCUT2D eigenvalue weighted by Gasteiger charge is -2.10. The fourth-order valence-corrected chi connectivity index (χ4v) is 4.68. The minimum Gasteiger partial charge on any atom is -0.337 e. The number of aryl methyl sites for hydroxylation is 2. The zero-order chi connectivity index (χ0) is 22.1. The summed E-state index contributed by atoms with van der Waals surface area (Å²) in [7, 11) is -0.751. The van der Waals surface area contributed by atoms with Crippen molar-refractivity contribution >= 4 is 55.4 Å². The molecule has 0 aliphatic carbocycles. The van der Waals surface area contributed by atoms with Crippen LogP contribution in [-0.2, 0) is 30.7 Å². The highest BCUT2D eigenvalue weighted by atomic mass is 79.9. The number of fused-ring (bicyclic) bond motifs is 1. The van der Waals surface area contributed by atoms with Crippen LogP contribution in [0.1, 0.15) is 6.42 Å². The lowest BCUT2D eigenvalue weighted by atomic mass is 10.4. The lowest BCUT2D eigenvalue weighted by molar-refractivity contribution is 0.245. The van der Waals surface area contributed by atoms with E-state index in [1.807, 2.05) is 4.72 Å². The molecule has 2 N–H and O–H groups in total. The number of amides is 2. The molecule has 160 valence electrons. The number of carbonyl (C=O) groups excluding carboxylic acids is 1. The molecule has 2 aromatic heterocycles. The predicted octanol–water partition coefficient (Wildman–Crippen LogP) is 1.64. The summed E-state index contributed by atoms with van der Waals surface area (Å²) in [5, 5.41) is 2.52. The van der Waals surface area contributed by atoms with E-state index in [2.05, 4.69) is 26.2 Å². The van der Waals surface area contributed by atoms with Gasteiger partial charge in [0.1, 0.15) is 10.2 Å². The molecule has 0 bridgehead atoms. The third-order valence-corrected chi connectivity index (χ3v) is 6.70. The van der Waals surface area contributed by atoms with Crippen LogP contribution in [-0.4, -0.2) is 39.7 Å². The maximum atomic E-state index is 12.2. The number of nitrogens with zero attached hydrogens (tertiary/aromatic N) is 4. The van der Waals surface area contributed by atoms with Gasteiger partial charge in [0.05, 0.1) is 11.2 Å². The zero-order valence-corrected chi connectivity index (χ0v) is 19.3. The van der Waals surface area contributed by atoms with E-state index in [0.717, 1.165) is 0 Å². The summed E-state index contributed by atoms with van der Waals surface area (Å²) in [6.07, 6.45) is 2.08. The van der Waals surface area contributed by atoms with Crippen LogP contribution in [0.2, 0.25) is 0 Å². The van der Waals surface area contributed by atoms with Crippen LogP contribution in [0.25, 0.3) is 11.2 Å². The van der Waals surface area contributed by atoms with Gasteiger partial charge < -0.3 is 9.88 Å². The first-order valence-electron chi connectivity index (χ1n) is 8.79. The highest BCUT2D eigenvalue weighted by Gasteiger charge is 2.17. The maximum absolute atomic E-state index is 12.2. The Kier molecular flexibility index (Phi) is 6.43. The standard InChI is InChI=1S/C17H19BrN6O4S2/c1-22-14-13(15(29)23(2)17(22)26)24(10-20-14)8-4-7-19-16(25)21-30(27,28)12-6-3-5-11(18)9-12/h3,5-6,9-10H,4,7-8H2,1-2H3,(H2,19,21,25). The zero-order valence-electron chi connectivity index (χ0n) is 16.1.